The summed E-state index contributed by atoms with van der Waals surface area (Å²) < 4.78 is 5.34. The molecule has 1 rings (SSSR count). The number of likely N-dealkylation sites (N-methyl/N-ethyl adjacent to an activating group) is 1. The number of rotatable bonds is 2. The van der Waals surface area contributed by atoms with E-state index >= 15 is 0 Å². The Morgan fingerprint density at radius 2 is 2.12 bits per heavy atom. The zero-order valence-corrected chi connectivity index (χ0v) is 11.0. The lowest BCUT2D eigenvalue weighted by Gasteiger charge is -2.31. The second-order valence-corrected chi connectivity index (χ2v) is 5.53. The Hall–Kier alpha value is -0.770. The van der Waals surface area contributed by atoms with E-state index in [-0.39, 0.29) is 12.1 Å². The minimum absolute atomic E-state index is 0.178. The quantitative estimate of drug-likeness (QED) is 0.786. The summed E-state index contributed by atoms with van der Waals surface area (Å²) in [7, 11) is 1.80. The Kier molecular flexibility index (Phi) is 4.19. The molecule has 0 aliphatic carbocycles. The van der Waals surface area contributed by atoms with Gasteiger partial charge in [-0.15, -0.1) is 0 Å². The number of hydrogen-bond acceptors (Lipinski definition) is 3. The molecule has 4 heteroatoms. The molecule has 1 fully saturated rings. The summed E-state index contributed by atoms with van der Waals surface area (Å²) in [5.41, 5.74) is -0.422. The highest BCUT2D eigenvalue weighted by molar-refractivity contribution is 5.68. The number of carbonyl (C=O) groups excluding carboxylic acids is 1. The molecule has 94 valence electrons. The summed E-state index contributed by atoms with van der Waals surface area (Å²) in [5, 5.41) is 3.41. The van der Waals surface area contributed by atoms with E-state index in [0.29, 0.717) is 6.04 Å². The van der Waals surface area contributed by atoms with Gasteiger partial charge in [0.1, 0.15) is 5.60 Å². The van der Waals surface area contributed by atoms with Crippen molar-refractivity contribution >= 4 is 6.09 Å². The van der Waals surface area contributed by atoms with Crippen molar-refractivity contribution in [1.29, 1.82) is 0 Å². The zero-order valence-electron chi connectivity index (χ0n) is 11.0. The van der Waals surface area contributed by atoms with Crippen molar-refractivity contribution in [2.75, 3.05) is 13.6 Å². The molecule has 0 radical (unpaired) electrons. The standard InChI is InChI=1S/C12H24N2O2/c1-9(10-7-6-8-13-10)14(5)11(15)16-12(2,3)4/h9-10,13H,6-8H2,1-5H3. The van der Waals surface area contributed by atoms with Gasteiger partial charge >= 0.3 is 6.09 Å². The zero-order chi connectivity index (χ0) is 12.3. The third-order valence-electron chi connectivity index (χ3n) is 2.97. The lowest BCUT2D eigenvalue weighted by molar-refractivity contribution is 0.0209. The average molecular weight is 228 g/mol. The molecule has 1 N–H and O–H groups in total. The van der Waals surface area contributed by atoms with Gasteiger partial charge in [-0.3, -0.25) is 0 Å². The molecular formula is C12H24N2O2. The van der Waals surface area contributed by atoms with Crippen LogP contribution in [0.1, 0.15) is 40.5 Å². The monoisotopic (exact) mass is 228 g/mol. The Balaban J connectivity index is 2.49. The second-order valence-electron chi connectivity index (χ2n) is 5.53. The number of ether oxygens (including phenoxy) is 1. The van der Waals surface area contributed by atoms with Crippen LogP contribution in [0, 0.1) is 0 Å². The molecule has 4 nitrogen and oxygen atoms in total. The van der Waals surface area contributed by atoms with E-state index in [9.17, 15) is 4.79 Å². The summed E-state index contributed by atoms with van der Waals surface area (Å²) in [4.78, 5) is 13.5. The van der Waals surface area contributed by atoms with Crippen molar-refractivity contribution < 1.29 is 9.53 Å². The molecule has 1 saturated heterocycles. The summed E-state index contributed by atoms with van der Waals surface area (Å²) in [5.74, 6) is 0. The molecule has 1 heterocycles. The SMILES string of the molecule is CC(C1CCCN1)N(C)C(=O)OC(C)(C)C. The number of carbonyl (C=O) groups is 1. The minimum atomic E-state index is -0.422. The topological polar surface area (TPSA) is 41.6 Å². The lowest BCUT2D eigenvalue weighted by atomic mass is 10.1. The fourth-order valence-corrected chi connectivity index (χ4v) is 1.89. The van der Waals surface area contributed by atoms with Crippen LogP contribution in [0.5, 0.6) is 0 Å². The summed E-state index contributed by atoms with van der Waals surface area (Å²) in [6.07, 6.45) is 2.08. The highest BCUT2D eigenvalue weighted by atomic mass is 16.6. The Labute approximate surface area is 98.3 Å². The molecule has 0 aromatic heterocycles. The molecule has 2 unspecified atom stereocenters. The molecule has 0 bridgehead atoms. The van der Waals surface area contributed by atoms with Gasteiger partial charge in [-0.05, 0) is 47.1 Å². The van der Waals surface area contributed by atoms with Crippen molar-refractivity contribution in [1.82, 2.24) is 10.2 Å². The third-order valence-corrected chi connectivity index (χ3v) is 2.97. The van der Waals surface area contributed by atoms with Crippen LogP contribution in [-0.2, 0) is 4.74 Å². The van der Waals surface area contributed by atoms with Gasteiger partial charge in [-0.25, -0.2) is 4.79 Å². The van der Waals surface area contributed by atoms with Gasteiger partial charge in [0.05, 0.1) is 0 Å². The van der Waals surface area contributed by atoms with E-state index in [0.717, 1.165) is 13.0 Å². The van der Waals surface area contributed by atoms with Gasteiger partial charge in [0.25, 0.3) is 0 Å². The molecule has 0 aromatic rings. The first-order chi connectivity index (χ1) is 7.31. The normalized spacial score (nSPS) is 22.9. The van der Waals surface area contributed by atoms with Gasteiger partial charge in [-0.2, -0.15) is 0 Å². The Morgan fingerprint density at radius 3 is 2.56 bits per heavy atom. The number of nitrogens with zero attached hydrogens (tertiary/aromatic N) is 1. The number of hydrogen-bond donors (Lipinski definition) is 1. The Bertz CT molecular complexity index is 242. The maximum atomic E-state index is 11.8. The van der Waals surface area contributed by atoms with Gasteiger partial charge in [0.2, 0.25) is 0 Å². The summed E-state index contributed by atoms with van der Waals surface area (Å²) in [6.45, 7) is 8.77. The van der Waals surface area contributed by atoms with Crippen molar-refractivity contribution in [3.8, 4) is 0 Å². The first-order valence-electron chi connectivity index (χ1n) is 6.00. The fourth-order valence-electron chi connectivity index (χ4n) is 1.89. The van der Waals surface area contributed by atoms with Crippen molar-refractivity contribution in [2.24, 2.45) is 0 Å². The molecular weight excluding hydrogens is 204 g/mol. The largest absolute Gasteiger partial charge is 0.444 e. The van der Waals surface area contributed by atoms with Gasteiger partial charge in [-0.1, -0.05) is 0 Å². The Morgan fingerprint density at radius 1 is 1.50 bits per heavy atom. The second kappa shape index (κ2) is 5.04. The molecule has 16 heavy (non-hydrogen) atoms. The first-order valence-corrected chi connectivity index (χ1v) is 6.00. The highest BCUT2D eigenvalue weighted by Gasteiger charge is 2.29. The van der Waals surface area contributed by atoms with E-state index in [1.54, 1.807) is 11.9 Å². The van der Waals surface area contributed by atoms with Crippen LogP contribution in [-0.4, -0.2) is 42.3 Å². The molecule has 2 atom stereocenters. The number of nitrogens with one attached hydrogen (secondary N) is 1. The lowest BCUT2D eigenvalue weighted by Crippen LogP contribution is -2.48. The van der Waals surface area contributed by atoms with Gasteiger partial charge < -0.3 is 15.0 Å². The van der Waals surface area contributed by atoms with Crippen molar-refractivity contribution in [3.63, 3.8) is 0 Å². The van der Waals surface area contributed by atoms with Crippen LogP contribution >= 0.6 is 0 Å². The summed E-state index contributed by atoms with van der Waals surface area (Å²) >= 11 is 0. The molecule has 0 spiro atoms. The van der Waals surface area contributed by atoms with Crippen LogP contribution in [0.2, 0.25) is 0 Å². The number of amides is 1. The maximum Gasteiger partial charge on any atom is 0.410 e. The highest BCUT2D eigenvalue weighted by Crippen LogP contribution is 2.16. The van der Waals surface area contributed by atoms with E-state index in [1.807, 2.05) is 20.8 Å². The predicted molar refractivity (Wildman–Crippen MR) is 64.5 cm³/mol. The van der Waals surface area contributed by atoms with Crippen LogP contribution in [0.15, 0.2) is 0 Å². The van der Waals surface area contributed by atoms with E-state index in [2.05, 4.69) is 12.2 Å². The van der Waals surface area contributed by atoms with Crippen LogP contribution in [0.4, 0.5) is 4.79 Å². The van der Waals surface area contributed by atoms with Crippen LogP contribution in [0.25, 0.3) is 0 Å². The van der Waals surface area contributed by atoms with E-state index in [1.165, 1.54) is 6.42 Å². The first kappa shape index (κ1) is 13.3. The van der Waals surface area contributed by atoms with E-state index < -0.39 is 5.60 Å². The molecule has 1 aliphatic rings. The molecule has 1 amide bonds. The summed E-state index contributed by atoms with van der Waals surface area (Å²) in [6, 6.07) is 0.579. The van der Waals surface area contributed by atoms with Crippen LogP contribution < -0.4 is 5.32 Å². The minimum Gasteiger partial charge on any atom is -0.444 e. The molecule has 0 saturated carbocycles. The molecule has 1 aliphatic heterocycles. The smallest absolute Gasteiger partial charge is 0.410 e. The van der Waals surface area contributed by atoms with Crippen LogP contribution in [0.3, 0.4) is 0 Å². The predicted octanol–water partition coefficient (Wildman–Crippen LogP) is 1.99. The molecule has 0 aromatic carbocycles. The third kappa shape index (κ3) is 3.67. The fraction of sp³-hybridized carbons (Fsp3) is 0.917. The van der Waals surface area contributed by atoms with Gasteiger partial charge in [0, 0.05) is 19.1 Å². The van der Waals surface area contributed by atoms with Crippen molar-refractivity contribution in [2.45, 2.75) is 58.2 Å². The van der Waals surface area contributed by atoms with Gasteiger partial charge in [0.15, 0.2) is 0 Å². The van der Waals surface area contributed by atoms with Crippen molar-refractivity contribution in [3.05, 3.63) is 0 Å². The average Bonchev–Trinajstić information content (AvgIpc) is 2.65. The van der Waals surface area contributed by atoms with E-state index in [4.69, 9.17) is 4.74 Å². The maximum absolute atomic E-state index is 11.8.